The highest BCUT2D eigenvalue weighted by atomic mass is 16.5. The van der Waals surface area contributed by atoms with Gasteiger partial charge in [-0.1, -0.05) is 72.3 Å². The summed E-state index contributed by atoms with van der Waals surface area (Å²) < 4.78 is 5.35. The molecule has 0 atom stereocenters. The number of ether oxygens (including phenoxy) is 1. The van der Waals surface area contributed by atoms with E-state index in [0.29, 0.717) is 6.54 Å². The highest BCUT2D eigenvalue weighted by Gasteiger charge is 2.24. The summed E-state index contributed by atoms with van der Waals surface area (Å²) in [7, 11) is 0. The minimum absolute atomic E-state index is 0.256. The van der Waals surface area contributed by atoms with E-state index in [1.807, 2.05) is 60.7 Å². The predicted octanol–water partition coefficient (Wildman–Crippen LogP) is 4.37. The SMILES string of the molecule is O=C(COC(=O)C(c1ccccc1)c1ccccc1)NCCC1=CCCCC1. The molecule has 0 aromatic heterocycles. The fourth-order valence-corrected chi connectivity index (χ4v) is 3.52. The lowest BCUT2D eigenvalue weighted by atomic mass is 9.91. The van der Waals surface area contributed by atoms with E-state index in [1.165, 1.54) is 18.4 Å². The van der Waals surface area contributed by atoms with Crippen LogP contribution in [0, 0.1) is 0 Å². The summed E-state index contributed by atoms with van der Waals surface area (Å²) in [6, 6.07) is 19.0. The summed E-state index contributed by atoms with van der Waals surface area (Å²) in [5.74, 6) is -1.21. The normalized spacial score (nSPS) is 13.7. The first-order valence-corrected chi connectivity index (χ1v) is 9.95. The molecule has 0 heterocycles. The molecule has 0 saturated carbocycles. The highest BCUT2D eigenvalue weighted by Crippen LogP contribution is 2.26. The number of benzene rings is 2. The van der Waals surface area contributed by atoms with Crippen molar-refractivity contribution in [3.05, 3.63) is 83.4 Å². The first-order valence-electron chi connectivity index (χ1n) is 9.95. The van der Waals surface area contributed by atoms with E-state index in [4.69, 9.17) is 4.74 Å². The van der Waals surface area contributed by atoms with Crippen LogP contribution in [0.15, 0.2) is 72.3 Å². The quantitative estimate of drug-likeness (QED) is 0.549. The van der Waals surface area contributed by atoms with Gasteiger partial charge in [-0.2, -0.15) is 0 Å². The maximum absolute atomic E-state index is 12.8. The van der Waals surface area contributed by atoms with Gasteiger partial charge in [-0.05, 0) is 43.2 Å². The average molecular weight is 377 g/mol. The lowest BCUT2D eigenvalue weighted by molar-refractivity contribution is -0.149. The Morgan fingerprint density at radius 2 is 1.57 bits per heavy atom. The van der Waals surface area contributed by atoms with Gasteiger partial charge in [0.25, 0.3) is 5.91 Å². The van der Waals surface area contributed by atoms with Gasteiger partial charge in [0.1, 0.15) is 5.92 Å². The zero-order valence-corrected chi connectivity index (χ0v) is 16.1. The summed E-state index contributed by atoms with van der Waals surface area (Å²) in [6.07, 6.45) is 7.91. The predicted molar refractivity (Wildman–Crippen MR) is 110 cm³/mol. The molecule has 3 rings (SSSR count). The third-order valence-corrected chi connectivity index (χ3v) is 5.00. The number of carbonyl (C=O) groups is 2. The fraction of sp³-hybridized carbons (Fsp3) is 0.333. The third-order valence-electron chi connectivity index (χ3n) is 5.00. The van der Waals surface area contributed by atoms with Gasteiger partial charge in [-0.25, -0.2) is 0 Å². The van der Waals surface area contributed by atoms with Crippen molar-refractivity contribution in [2.45, 2.75) is 38.0 Å². The Labute approximate surface area is 166 Å². The molecule has 0 spiro atoms. The van der Waals surface area contributed by atoms with Crippen LogP contribution in [0.4, 0.5) is 0 Å². The van der Waals surface area contributed by atoms with Gasteiger partial charge in [0.15, 0.2) is 6.61 Å². The van der Waals surface area contributed by atoms with Gasteiger partial charge in [0, 0.05) is 6.54 Å². The molecule has 4 nitrogen and oxygen atoms in total. The van der Waals surface area contributed by atoms with Crippen LogP contribution in [0.3, 0.4) is 0 Å². The zero-order chi connectivity index (χ0) is 19.6. The zero-order valence-electron chi connectivity index (χ0n) is 16.1. The van der Waals surface area contributed by atoms with Gasteiger partial charge in [-0.3, -0.25) is 9.59 Å². The van der Waals surface area contributed by atoms with Gasteiger partial charge in [-0.15, -0.1) is 0 Å². The van der Waals surface area contributed by atoms with Crippen molar-refractivity contribution in [3.8, 4) is 0 Å². The molecular formula is C24H27NO3. The Balaban J connectivity index is 1.53. The maximum Gasteiger partial charge on any atom is 0.318 e. The topological polar surface area (TPSA) is 55.4 Å². The molecule has 0 bridgehead atoms. The molecule has 1 aliphatic carbocycles. The number of rotatable bonds is 8. The second-order valence-electron chi connectivity index (χ2n) is 7.07. The molecule has 2 aromatic carbocycles. The minimum atomic E-state index is -0.539. The monoisotopic (exact) mass is 377 g/mol. The van der Waals surface area contributed by atoms with E-state index in [0.717, 1.165) is 30.4 Å². The van der Waals surface area contributed by atoms with Crippen LogP contribution in [0.25, 0.3) is 0 Å². The smallest absolute Gasteiger partial charge is 0.318 e. The molecule has 2 aromatic rings. The first-order chi connectivity index (χ1) is 13.7. The number of allylic oxidation sites excluding steroid dienone is 1. The summed E-state index contributed by atoms with van der Waals surface area (Å²) in [6.45, 7) is 0.330. The van der Waals surface area contributed by atoms with Crippen LogP contribution in [0.5, 0.6) is 0 Å². The number of amides is 1. The largest absolute Gasteiger partial charge is 0.455 e. The molecule has 0 unspecified atom stereocenters. The van der Waals surface area contributed by atoms with Crippen molar-refractivity contribution in [1.82, 2.24) is 5.32 Å². The maximum atomic E-state index is 12.8. The van der Waals surface area contributed by atoms with E-state index in [-0.39, 0.29) is 12.5 Å². The van der Waals surface area contributed by atoms with E-state index in [2.05, 4.69) is 11.4 Å². The van der Waals surface area contributed by atoms with Gasteiger partial charge in [0.05, 0.1) is 0 Å². The van der Waals surface area contributed by atoms with E-state index < -0.39 is 11.9 Å². The Morgan fingerprint density at radius 1 is 0.929 bits per heavy atom. The van der Waals surface area contributed by atoms with Gasteiger partial charge < -0.3 is 10.1 Å². The fourth-order valence-electron chi connectivity index (χ4n) is 3.52. The highest BCUT2D eigenvalue weighted by molar-refractivity contribution is 5.85. The third kappa shape index (κ3) is 5.81. The Kier molecular flexibility index (Phi) is 7.42. The second-order valence-corrected chi connectivity index (χ2v) is 7.07. The van der Waals surface area contributed by atoms with Crippen LogP contribution < -0.4 is 5.32 Å². The Morgan fingerprint density at radius 3 is 2.14 bits per heavy atom. The summed E-state index contributed by atoms with van der Waals surface area (Å²) in [5.41, 5.74) is 3.11. The molecule has 1 amide bonds. The number of hydrogen-bond acceptors (Lipinski definition) is 3. The van der Waals surface area contributed by atoms with Crippen molar-refractivity contribution in [2.24, 2.45) is 0 Å². The van der Waals surface area contributed by atoms with Crippen LogP contribution in [-0.2, 0) is 14.3 Å². The van der Waals surface area contributed by atoms with Gasteiger partial charge >= 0.3 is 5.97 Å². The van der Waals surface area contributed by atoms with Crippen molar-refractivity contribution >= 4 is 11.9 Å². The van der Waals surface area contributed by atoms with Crippen molar-refractivity contribution in [3.63, 3.8) is 0 Å². The molecule has 0 aliphatic heterocycles. The first kappa shape index (κ1) is 19.9. The lowest BCUT2D eigenvalue weighted by Gasteiger charge is -2.17. The van der Waals surface area contributed by atoms with Crippen molar-refractivity contribution < 1.29 is 14.3 Å². The van der Waals surface area contributed by atoms with E-state index in [9.17, 15) is 9.59 Å². The van der Waals surface area contributed by atoms with E-state index in [1.54, 1.807) is 0 Å². The molecule has 1 N–H and O–H groups in total. The standard InChI is InChI=1S/C24H27NO3/c26-22(25-17-16-19-10-4-1-5-11-19)18-28-24(27)23(20-12-6-2-7-13-20)21-14-8-3-9-15-21/h2-3,6-10,12-15,23H,1,4-5,11,16-18H2,(H,25,26). The molecule has 4 heteroatoms. The van der Waals surface area contributed by atoms with Gasteiger partial charge in [0.2, 0.25) is 0 Å². The molecule has 1 aliphatic rings. The molecule has 0 saturated heterocycles. The second kappa shape index (κ2) is 10.5. The number of carbonyl (C=O) groups excluding carboxylic acids is 2. The summed E-state index contributed by atoms with van der Waals surface area (Å²) >= 11 is 0. The summed E-state index contributed by atoms with van der Waals surface area (Å²) in [5, 5.41) is 2.85. The number of esters is 1. The van der Waals surface area contributed by atoms with E-state index >= 15 is 0 Å². The number of hydrogen-bond donors (Lipinski definition) is 1. The van der Waals surface area contributed by atoms with Crippen molar-refractivity contribution in [2.75, 3.05) is 13.2 Å². The molecule has 28 heavy (non-hydrogen) atoms. The molecular weight excluding hydrogens is 350 g/mol. The molecule has 0 fully saturated rings. The minimum Gasteiger partial charge on any atom is -0.455 e. The Bertz CT molecular complexity index is 760. The van der Waals surface area contributed by atoms with Crippen LogP contribution in [0.1, 0.15) is 49.1 Å². The lowest BCUT2D eigenvalue weighted by Crippen LogP contribution is -2.31. The van der Waals surface area contributed by atoms with Crippen LogP contribution in [0.2, 0.25) is 0 Å². The summed E-state index contributed by atoms with van der Waals surface area (Å²) in [4.78, 5) is 24.8. The van der Waals surface area contributed by atoms with Crippen molar-refractivity contribution in [1.29, 1.82) is 0 Å². The Hall–Kier alpha value is -2.88. The van der Waals surface area contributed by atoms with Crippen LogP contribution in [-0.4, -0.2) is 25.0 Å². The molecule has 146 valence electrons. The number of nitrogens with one attached hydrogen (secondary N) is 1. The average Bonchev–Trinajstić information content (AvgIpc) is 2.75. The molecule has 0 radical (unpaired) electrons. The van der Waals surface area contributed by atoms with Crippen LogP contribution >= 0.6 is 0 Å².